The van der Waals surface area contributed by atoms with Crippen molar-refractivity contribution < 1.29 is 19.4 Å². The lowest BCUT2D eigenvalue weighted by Crippen LogP contribution is -2.44. The van der Waals surface area contributed by atoms with Crippen molar-refractivity contribution in [3.63, 3.8) is 0 Å². The highest BCUT2D eigenvalue weighted by Gasteiger charge is 2.22. The van der Waals surface area contributed by atoms with Gasteiger partial charge < -0.3 is 15.2 Å². The van der Waals surface area contributed by atoms with Gasteiger partial charge in [-0.3, -0.25) is 4.79 Å². The summed E-state index contributed by atoms with van der Waals surface area (Å²) >= 11 is 0. The lowest BCUT2D eigenvalue weighted by molar-refractivity contribution is -0.143. The number of carbonyl (C=O) groups excluding carboxylic acids is 1. The second kappa shape index (κ2) is 9.95. The summed E-state index contributed by atoms with van der Waals surface area (Å²) in [6.45, 7) is 4.66. The molecule has 0 heterocycles. The highest BCUT2D eigenvalue weighted by Crippen LogP contribution is 2.03. The third-order valence-corrected chi connectivity index (χ3v) is 3.32. The summed E-state index contributed by atoms with van der Waals surface area (Å²) in [4.78, 5) is 22.7. The normalized spacial score (nSPS) is 12.1. The van der Waals surface area contributed by atoms with E-state index in [4.69, 9.17) is 9.84 Å². The van der Waals surface area contributed by atoms with Crippen molar-refractivity contribution in [1.29, 1.82) is 0 Å². The van der Waals surface area contributed by atoms with Crippen LogP contribution in [0.3, 0.4) is 0 Å². The van der Waals surface area contributed by atoms with Crippen molar-refractivity contribution in [1.82, 2.24) is 5.32 Å². The molecule has 0 saturated heterocycles. The van der Waals surface area contributed by atoms with Crippen molar-refractivity contribution in [3.05, 3.63) is 35.9 Å². The van der Waals surface area contributed by atoms with Crippen molar-refractivity contribution in [2.24, 2.45) is 5.92 Å². The molecule has 0 fully saturated rings. The molecule has 5 heteroatoms. The van der Waals surface area contributed by atoms with E-state index >= 15 is 0 Å². The number of rotatable bonds is 10. The summed E-state index contributed by atoms with van der Waals surface area (Å²) in [5.74, 6) is -1.38. The Morgan fingerprint density at radius 2 is 1.86 bits per heavy atom. The zero-order chi connectivity index (χ0) is 16.4. The molecular formula is C17H25NO4. The van der Waals surface area contributed by atoms with E-state index in [-0.39, 0.29) is 18.2 Å². The average molecular weight is 307 g/mol. The third kappa shape index (κ3) is 7.22. The van der Waals surface area contributed by atoms with Crippen LogP contribution in [0.15, 0.2) is 30.3 Å². The zero-order valence-electron chi connectivity index (χ0n) is 13.2. The lowest BCUT2D eigenvalue weighted by atomic mass is 10.0. The minimum Gasteiger partial charge on any atom is -0.480 e. The van der Waals surface area contributed by atoms with Gasteiger partial charge in [0.1, 0.15) is 6.04 Å². The van der Waals surface area contributed by atoms with Gasteiger partial charge >= 0.3 is 5.97 Å². The van der Waals surface area contributed by atoms with Gasteiger partial charge in [0.25, 0.3) is 0 Å². The largest absolute Gasteiger partial charge is 0.480 e. The molecular weight excluding hydrogens is 282 g/mol. The minimum absolute atomic E-state index is 0.136. The van der Waals surface area contributed by atoms with Crippen LogP contribution in [0.5, 0.6) is 0 Å². The lowest BCUT2D eigenvalue weighted by Gasteiger charge is -2.17. The fourth-order valence-electron chi connectivity index (χ4n) is 2.03. The number of carboxylic acids is 1. The van der Waals surface area contributed by atoms with Gasteiger partial charge in [0.2, 0.25) is 5.91 Å². The summed E-state index contributed by atoms with van der Waals surface area (Å²) in [7, 11) is 0. The molecule has 1 amide bonds. The molecule has 0 aliphatic heterocycles. The van der Waals surface area contributed by atoms with Gasteiger partial charge in [-0.1, -0.05) is 44.2 Å². The first kappa shape index (κ1) is 18.2. The molecule has 1 aromatic rings. The van der Waals surface area contributed by atoms with Crippen LogP contribution in [0, 0.1) is 5.92 Å². The van der Waals surface area contributed by atoms with Gasteiger partial charge in [0.05, 0.1) is 6.61 Å². The number of hydrogen-bond donors (Lipinski definition) is 2. The molecule has 1 unspecified atom stereocenters. The number of amides is 1. The first-order valence-electron chi connectivity index (χ1n) is 7.64. The van der Waals surface area contributed by atoms with Crippen LogP contribution in [0.2, 0.25) is 0 Å². The van der Waals surface area contributed by atoms with Crippen LogP contribution in [0.1, 0.15) is 32.3 Å². The van der Waals surface area contributed by atoms with Gasteiger partial charge in [-0.2, -0.15) is 0 Å². The van der Waals surface area contributed by atoms with E-state index in [1.54, 1.807) is 13.8 Å². The van der Waals surface area contributed by atoms with Crippen molar-refractivity contribution in [2.45, 2.75) is 39.2 Å². The molecule has 0 aromatic heterocycles. The van der Waals surface area contributed by atoms with E-state index in [9.17, 15) is 9.59 Å². The monoisotopic (exact) mass is 307 g/mol. The van der Waals surface area contributed by atoms with Gasteiger partial charge in [0, 0.05) is 13.0 Å². The second-order valence-corrected chi connectivity index (χ2v) is 5.58. The fraction of sp³-hybridized carbons (Fsp3) is 0.529. The molecule has 0 radical (unpaired) electrons. The van der Waals surface area contributed by atoms with E-state index < -0.39 is 12.0 Å². The quantitative estimate of drug-likeness (QED) is 0.650. The van der Waals surface area contributed by atoms with Gasteiger partial charge in [-0.05, 0) is 24.3 Å². The number of benzene rings is 1. The number of carbonyl (C=O) groups is 2. The van der Waals surface area contributed by atoms with Crippen LogP contribution >= 0.6 is 0 Å². The molecule has 5 nitrogen and oxygen atoms in total. The maximum atomic E-state index is 11.7. The first-order chi connectivity index (χ1) is 10.5. The maximum Gasteiger partial charge on any atom is 0.326 e. The molecule has 22 heavy (non-hydrogen) atoms. The van der Waals surface area contributed by atoms with Crippen molar-refractivity contribution in [3.8, 4) is 0 Å². The Balaban J connectivity index is 2.11. The molecule has 0 spiro atoms. The summed E-state index contributed by atoms with van der Waals surface area (Å²) in [6, 6.07) is 9.24. The van der Waals surface area contributed by atoms with Crippen LogP contribution < -0.4 is 5.32 Å². The Morgan fingerprint density at radius 1 is 1.18 bits per heavy atom. The molecule has 2 N–H and O–H groups in total. The molecule has 1 aromatic carbocycles. The topological polar surface area (TPSA) is 75.6 Å². The third-order valence-electron chi connectivity index (χ3n) is 3.32. The van der Waals surface area contributed by atoms with E-state index in [1.165, 1.54) is 5.56 Å². The van der Waals surface area contributed by atoms with Crippen LogP contribution in [-0.4, -0.2) is 36.2 Å². The molecule has 122 valence electrons. The second-order valence-electron chi connectivity index (χ2n) is 5.58. The molecule has 1 rings (SSSR count). The standard InChI is InChI=1S/C17H25NO4/c1-13(2)16(17(20)21)18-15(19)9-6-11-22-12-10-14-7-4-3-5-8-14/h3-5,7-8,13,16H,6,9-12H2,1-2H3,(H,18,19)(H,20,21). The Bertz CT molecular complexity index is 459. The molecule has 0 aliphatic carbocycles. The van der Waals surface area contributed by atoms with E-state index in [2.05, 4.69) is 17.4 Å². The number of nitrogens with one attached hydrogen (secondary N) is 1. The van der Waals surface area contributed by atoms with Crippen molar-refractivity contribution in [2.75, 3.05) is 13.2 Å². The number of carboxylic acid groups (broad SMARTS) is 1. The maximum absolute atomic E-state index is 11.7. The van der Waals surface area contributed by atoms with Gasteiger partial charge in [-0.15, -0.1) is 0 Å². The van der Waals surface area contributed by atoms with Crippen LogP contribution in [0.4, 0.5) is 0 Å². The SMILES string of the molecule is CC(C)C(NC(=O)CCCOCCc1ccccc1)C(=O)O. The Morgan fingerprint density at radius 3 is 2.45 bits per heavy atom. The van der Waals surface area contributed by atoms with E-state index in [0.717, 1.165) is 6.42 Å². The number of aliphatic carboxylic acids is 1. The summed E-state index contributed by atoms with van der Waals surface area (Å²) in [6.07, 6.45) is 1.72. The molecule has 1 atom stereocenters. The minimum atomic E-state index is -0.998. The predicted octanol–water partition coefficient (Wildman–Crippen LogP) is 2.25. The first-order valence-corrected chi connectivity index (χ1v) is 7.64. The van der Waals surface area contributed by atoms with Crippen molar-refractivity contribution >= 4 is 11.9 Å². The predicted molar refractivity (Wildman–Crippen MR) is 84.6 cm³/mol. The Kier molecular flexibility index (Phi) is 8.22. The number of ether oxygens (including phenoxy) is 1. The summed E-state index contributed by atoms with van der Waals surface area (Å²) in [5.41, 5.74) is 1.22. The Hall–Kier alpha value is -1.88. The highest BCUT2D eigenvalue weighted by molar-refractivity contribution is 5.83. The highest BCUT2D eigenvalue weighted by atomic mass is 16.5. The van der Waals surface area contributed by atoms with Gasteiger partial charge in [0.15, 0.2) is 0 Å². The number of hydrogen-bond acceptors (Lipinski definition) is 3. The summed E-state index contributed by atoms with van der Waals surface area (Å²) in [5, 5.41) is 11.5. The van der Waals surface area contributed by atoms with E-state index in [1.807, 2.05) is 18.2 Å². The van der Waals surface area contributed by atoms with Gasteiger partial charge in [-0.25, -0.2) is 4.79 Å². The van der Waals surface area contributed by atoms with E-state index in [0.29, 0.717) is 19.6 Å². The Labute approximate surface area is 131 Å². The van der Waals surface area contributed by atoms with Crippen LogP contribution in [0.25, 0.3) is 0 Å². The molecule has 0 saturated carbocycles. The summed E-state index contributed by atoms with van der Waals surface area (Å²) < 4.78 is 5.49. The molecule has 0 aliphatic rings. The smallest absolute Gasteiger partial charge is 0.326 e. The average Bonchev–Trinajstić information content (AvgIpc) is 2.48. The fourth-order valence-corrected chi connectivity index (χ4v) is 2.03. The zero-order valence-corrected chi connectivity index (χ0v) is 13.2. The molecule has 0 bridgehead atoms. The van der Waals surface area contributed by atoms with Crippen LogP contribution in [-0.2, 0) is 20.7 Å².